The third-order valence-electron chi connectivity index (χ3n) is 7.86. The van der Waals surface area contributed by atoms with Crippen LogP contribution in [0.3, 0.4) is 0 Å². The summed E-state index contributed by atoms with van der Waals surface area (Å²) >= 11 is 0. The average molecular weight is 521 g/mol. The van der Waals surface area contributed by atoms with E-state index in [0.29, 0.717) is 19.0 Å². The Hall–Kier alpha value is -3.95. The molecular formula is C33H36N4O2. The molecule has 3 atom stereocenters. The van der Waals surface area contributed by atoms with Gasteiger partial charge < -0.3 is 15.0 Å². The number of amides is 2. The average Bonchev–Trinajstić information content (AvgIpc) is 2.93. The molecule has 6 nitrogen and oxygen atoms in total. The fraction of sp³-hybridized carbons (Fsp3) is 0.364. The number of nitrogens with one attached hydrogen (secondary N) is 1. The van der Waals surface area contributed by atoms with Crippen molar-refractivity contribution in [2.24, 2.45) is 0 Å². The Kier molecular flexibility index (Phi) is 8.39. The van der Waals surface area contributed by atoms with Crippen molar-refractivity contribution >= 4 is 17.5 Å². The maximum atomic E-state index is 13.3. The maximum absolute atomic E-state index is 13.3. The van der Waals surface area contributed by atoms with Crippen LogP contribution >= 0.6 is 0 Å². The molecule has 2 amide bonds. The van der Waals surface area contributed by atoms with Gasteiger partial charge in [0.25, 0.3) is 0 Å². The fourth-order valence-corrected chi connectivity index (χ4v) is 5.80. The first-order valence-electron chi connectivity index (χ1n) is 13.9. The first-order valence-corrected chi connectivity index (χ1v) is 13.9. The number of anilines is 1. The number of aryl methyl sites for hydroxylation is 1. The molecule has 3 aromatic rings. The summed E-state index contributed by atoms with van der Waals surface area (Å²) in [5.74, 6) is 6.82. The predicted molar refractivity (Wildman–Crippen MR) is 155 cm³/mol. The number of aromatic nitrogens is 1. The second kappa shape index (κ2) is 12.3. The normalized spacial score (nSPS) is 20.9. The number of rotatable bonds is 5. The molecular weight excluding hydrogens is 484 g/mol. The van der Waals surface area contributed by atoms with Crippen molar-refractivity contribution in [3.05, 3.63) is 95.3 Å². The molecule has 0 bridgehead atoms. The number of carbonyl (C=O) groups is 2. The van der Waals surface area contributed by atoms with Gasteiger partial charge in [0.05, 0.1) is 0 Å². The molecule has 0 aliphatic carbocycles. The number of benzene rings is 2. The van der Waals surface area contributed by atoms with Gasteiger partial charge in [-0.15, -0.1) is 0 Å². The molecule has 2 aliphatic heterocycles. The minimum Gasteiger partial charge on any atom is -0.323 e. The Morgan fingerprint density at radius 3 is 2.46 bits per heavy atom. The van der Waals surface area contributed by atoms with E-state index in [9.17, 15) is 9.59 Å². The Balaban J connectivity index is 1.35. The van der Waals surface area contributed by atoms with Crippen molar-refractivity contribution < 1.29 is 9.59 Å². The molecule has 5 rings (SSSR count). The number of ketones is 1. The highest BCUT2D eigenvalue weighted by atomic mass is 16.2. The number of carbonyl (C=O) groups excluding carboxylic acids is 2. The minimum absolute atomic E-state index is 0.0493. The van der Waals surface area contributed by atoms with Crippen LogP contribution in [0, 0.1) is 18.8 Å². The van der Waals surface area contributed by atoms with E-state index in [2.05, 4.69) is 51.3 Å². The van der Waals surface area contributed by atoms with Gasteiger partial charge in [-0.3, -0.25) is 4.90 Å². The van der Waals surface area contributed by atoms with E-state index < -0.39 is 0 Å². The molecule has 1 N–H and O–H groups in total. The lowest BCUT2D eigenvalue weighted by Gasteiger charge is -2.58. The second-order valence-electron chi connectivity index (χ2n) is 10.7. The molecule has 0 saturated carbocycles. The molecule has 39 heavy (non-hydrogen) atoms. The molecule has 2 fully saturated rings. The smallest absolute Gasteiger partial charge is 0.321 e. The summed E-state index contributed by atoms with van der Waals surface area (Å²) < 4.78 is 0. The largest absolute Gasteiger partial charge is 0.323 e. The molecule has 0 radical (unpaired) electrons. The zero-order valence-corrected chi connectivity index (χ0v) is 22.8. The Morgan fingerprint density at radius 2 is 1.74 bits per heavy atom. The number of urea groups is 1. The van der Waals surface area contributed by atoms with Crippen LogP contribution < -0.4 is 5.32 Å². The number of Topliss-reactive ketones (excluding diaryl/α,β-unsaturated/α-hetero) is 1. The van der Waals surface area contributed by atoms with Crippen molar-refractivity contribution in [3.63, 3.8) is 0 Å². The van der Waals surface area contributed by atoms with Crippen LogP contribution in [0.4, 0.5) is 10.5 Å². The van der Waals surface area contributed by atoms with Crippen LogP contribution in [0.1, 0.15) is 60.9 Å². The van der Waals surface area contributed by atoms with Crippen LogP contribution in [-0.4, -0.2) is 58.3 Å². The highest BCUT2D eigenvalue weighted by Crippen LogP contribution is 2.44. The third kappa shape index (κ3) is 6.55. The van der Waals surface area contributed by atoms with Crippen molar-refractivity contribution in [1.82, 2.24) is 14.8 Å². The van der Waals surface area contributed by atoms with Crippen LogP contribution in [0.25, 0.3) is 0 Å². The summed E-state index contributed by atoms with van der Waals surface area (Å²) in [5.41, 5.74) is 4.92. The van der Waals surface area contributed by atoms with E-state index in [0.717, 1.165) is 54.9 Å². The van der Waals surface area contributed by atoms with Crippen LogP contribution in [0.5, 0.6) is 0 Å². The molecule has 200 valence electrons. The maximum Gasteiger partial charge on any atom is 0.321 e. The molecule has 6 heteroatoms. The second-order valence-corrected chi connectivity index (χ2v) is 10.7. The van der Waals surface area contributed by atoms with Crippen molar-refractivity contribution in [2.75, 3.05) is 25.0 Å². The van der Waals surface area contributed by atoms with Crippen molar-refractivity contribution in [3.8, 4) is 11.8 Å². The number of pyridine rings is 1. The van der Waals surface area contributed by atoms with Gasteiger partial charge in [-0.1, -0.05) is 41.8 Å². The Bertz CT molecular complexity index is 1340. The summed E-state index contributed by atoms with van der Waals surface area (Å²) in [7, 11) is 0. The lowest BCUT2D eigenvalue weighted by Crippen LogP contribution is -2.67. The predicted octanol–water partition coefficient (Wildman–Crippen LogP) is 5.62. The Labute approximate surface area is 231 Å². The van der Waals surface area contributed by atoms with Gasteiger partial charge in [0.15, 0.2) is 0 Å². The van der Waals surface area contributed by atoms with E-state index in [-0.39, 0.29) is 23.8 Å². The molecule has 2 saturated heterocycles. The van der Waals surface area contributed by atoms with E-state index >= 15 is 0 Å². The van der Waals surface area contributed by atoms with Crippen LogP contribution in [0.15, 0.2) is 72.9 Å². The van der Waals surface area contributed by atoms with Crippen molar-refractivity contribution in [2.45, 2.75) is 57.5 Å². The zero-order valence-electron chi connectivity index (χ0n) is 22.8. The molecule has 2 aromatic carbocycles. The molecule has 3 heterocycles. The number of hydrogen-bond donors (Lipinski definition) is 1. The fourth-order valence-electron chi connectivity index (χ4n) is 5.80. The molecule has 2 aliphatic rings. The summed E-state index contributed by atoms with van der Waals surface area (Å²) in [6, 6.07) is 22.6. The Morgan fingerprint density at radius 1 is 0.974 bits per heavy atom. The van der Waals surface area contributed by atoms with Gasteiger partial charge >= 0.3 is 6.03 Å². The van der Waals surface area contributed by atoms with Gasteiger partial charge in [0, 0.05) is 55.0 Å². The minimum atomic E-state index is -0.0493. The first kappa shape index (κ1) is 26.6. The van der Waals surface area contributed by atoms with E-state index in [1.165, 1.54) is 5.56 Å². The van der Waals surface area contributed by atoms with Gasteiger partial charge in [0.2, 0.25) is 0 Å². The van der Waals surface area contributed by atoms with Gasteiger partial charge in [-0.2, -0.15) is 0 Å². The quantitative estimate of drug-likeness (QED) is 0.443. The van der Waals surface area contributed by atoms with E-state index in [1.807, 2.05) is 54.3 Å². The number of hydrogen-bond acceptors (Lipinski definition) is 4. The highest BCUT2D eigenvalue weighted by molar-refractivity contribution is 5.89. The summed E-state index contributed by atoms with van der Waals surface area (Å²) in [6.45, 7) is 6.13. The van der Waals surface area contributed by atoms with Crippen LogP contribution in [-0.2, 0) is 4.79 Å². The van der Waals surface area contributed by atoms with Crippen LogP contribution in [0.2, 0.25) is 0 Å². The van der Waals surface area contributed by atoms with Gasteiger partial charge in [-0.25, -0.2) is 9.78 Å². The SMILES string of the molecule is CC(=O)CC[C@@H]1[C@H](c2ccc(C#Cc3ccccn3)cc2)[C@@H]2CN(C(=O)Nc3ccc(C)cc3)CCCCN12. The topological polar surface area (TPSA) is 65.5 Å². The number of fused-ring (bicyclic) bond motifs is 1. The molecule has 0 unspecified atom stereocenters. The summed E-state index contributed by atoms with van der Waals surface area (Å²) in [6.07, 6.45) is 5.17. The van der Waals surface area contributed by atoms with Gasteiger partial charge in [0.1, 0.15) is 11.5 Å². The monoisotopic (exact) mass is 520 g/mol. The van der Waals surface area contributed by atoms with E-state index in [1.54, 1.807) is 13.1 Å². The van der Waals surface area contributed by atoms with Crippen molar-refractivity contribution in [1.29, 1.82) is 0 Å². The summed E-state index contributed by atoms with van der Waals surface area (Å²) in [4.78, 5) is 34.0. The number of nitrogens with zero attached hydrogens (tertiary/aromatic N) is 3. The third-order valence-corrected chi connectivity index (χ3v) is 7.86. The zero-order chi connectivity index (χ0) is 27.2. The molecule has 0 spiro atoms. The lowest BCUT2D eigenvalue weighted by molar-refractivity contribution is -0.118. The standard InChI is InChI=1S/C33H36N4O2/c1-24-8-16-29(17-9-24)35-33(39)36-21-5-6-22-37-30(19-10-25(2)38)32(31(37)23-36)27-14-11-26(12-15-27)13-18-28-7-3-4-20-34-28/h3-4,7-9,11-12,14-17,20,30-32H,5-6,10,19,21-23H2,1-2H3,(H,35,39)/t30-,31+,32+/m1/s1. The lowest BCUT2D eigenvalue weighted by atomic mass is 9.72. The molecule has 1 aromatic heterocycles. The van der Waals surface area contributed by atoms with Gasteiger partial charge in [-0.05, 0) is 87.5 Å². The summed E-state index contributed by atoms with van der Waals surface area (Å²) in [5, 5.41) is 3.09. The first-order chi connectivity index (χ1) is 19.0. The highest BCUT2D eigenvalue weighted by Gasteiger charge is 2.49. The van der Waals surface area contributed by atoms with E-state index in [4.69, 9.17) is 0 Å².